The Hall–Kier alpha value is -2.60. The lowest BCUT2D eigenvalue weighted by atomic mass is 9.96. The molecule has 6 heteroatoms. The second-order valence-corrected chi connectivity index (χ2v) is 5.72. The van der Waals surface area contributed by atoms with Gasteiger partial charge in [0.2, 0.25) is 0 Å². The van der Waals surface area contributed by atoms with E-state index < -0.39 is 30.1 Å². The third-order valence-corrected chi connectivity index (χ3v) is 3.88. The molecule has 1 aliphatic heterocycles. The summed E-state index contributed by atoms with van der Waals surface area (Å²) >= 11 is 0. The van der Waals surface area contributed by atoms with Crippen molar-refractivity contribution in [2.45, 2.75) is 24.6 Å². The molecular weight excluding hydrogens is 319 g/mol. The SMILES string of the molecule is [B][C@@H]1CC(OC(=O)c2ccccc2)[C@H](COC(=O)c2ccccc2)O1. The highest BCUT2D eigenvalue weighted by atomic mass is 16.6. The zero-order chi connectivity index (χ0) is 17.6. The molecule has 2 aromatic rings. The van der Waals surface area contributed by atoms with Crippen molar-refractivity contribution in [1.29, 1.82) is 0 Å². The Bertz CT molecular complexity index is 719. The zero-order valence-corrected chi connectivity index (χ0v) is 13.5. The molecular formula is C19H17BO5. The first-order valence-electron chi connectivity index (χ1n) is 8.03. The monoisotopic (exact) mass is 336 g/mol. The van der Waals surface area contributed by atoms with Crippen LogP contribution in [0.2, 0.25) is 0 Å². The largest absolute Gasteiger partial charge is 0.459 e. The average molecular weight is 336 g/mol. The van der Waals surface area contributed by atoms with Crippen molar-refractivity contribution in [3.63, 3.8) is 0 Å². The molecule has 2 radical (unpaired) electrons. The summed E-state index contributed by atoms with van der Waals surface area (Å²) < 4.78 is 16.3. The molecule has 0 amide bonds. The second-order valence-electron chi connectivity index (χ2n) is 5.72. The van der Waals surface area contributed by atoms with Gasteiger partial charge in [0, 0.05) is 12.4 Å². The number of carbonyl (C=O) groups excluding carboxylic acids is 2. The summed E-state index contributed by atoms with van der Waals surface area (Å²) in [6.07, 6.45) is -0.798. The fourth-order valence-electron chi connectivity index (χ4n) is 2.61. The molecule has 0 spiro atoms. The van der Waals surface area contributed by atoms with E-state index in [-0.39, 0.29) is 6.61 Å². The molecule has 0 bridgehead atoms. The summed E-state index contributed by atoms with van der Waals surface area (Å²) in [5, 5.41) is 0. The number of hydrogen-bond donors (Lipinski definition) is 0. The summed E-state index contributed by atoms with van der Waals surface area (Å²) in [7, 11) is 5.79. The van der Waals surface area contributed by atoms with Gasteiger partial charge in [-0.3, -0.25) is 0 Å². The highest BCUT2D eigenvalue weighted by Gasteiger charge is 2.36. The van der Waals surface area contributed by atoms with Gasteiger partial charge in [-0.05, 0) is 24.3 Å². The number of ether oxygens (including phenoxy) is 3. The van der Waals surface area contributed by atoms with Gasteiger partial charge in [0.05, 0.1) is 11.1 Å². The first-order chi connectivity index (χ1) is 12.1. The molecule has 25 heavy (non-hydrogen) atoms. The maximum Gasteiger partial charge on any atom is 0.338 e. The van der Waals surface area contributed by atoms with Crippen molar-refractivity contribution in [3.05, 3.63) is 71.8 Å². The van der Waals surface area contributed by atoms with Gasteiger partial charge < -0.3 is 14.2 Å². The molecule has 126 valence electrons. The van der Waals surface area contributed by atoms with E-state index in [1.165, 1.54) is 0 Å². The normalized spacial score (nSPS) is 22.3. The van der Waals surface area contributed by atoms with Crippen molar-refractivity contribution in [3.8, 4) is 0 Å². The Morgan fingerprint density at radius 1 is 0.960 bits per heavy atom. The lowest BCUT2D eigenvalue weighted by Crippen LogP contribution is -2.32. The van der Waals surface area contributed by atoms with Crippen LogP contribution in [0.4, 0.5) is 0 Å². The van der Waals surface area contributed by atoms with E-state index in [9.17, 15) is 9.59 Å². The number of esters is 2. The first kappa shape index (κ1) is 17.2. The molecule has 1 unspecified atom stereocenters. The van der Waals surface area contributed by atoms with Crippen molar-refractivity contribution < 1.29 is 23.8 Å². The van der Waals surface area contributed by atoms with E-state index in [2.05, 4.69) is 0 Å². The Balaban J connectivity index is 1.58. The van der Waals surface area contributed by atoms with Crippen LogP contribution in [-0.2, 0) is 14.2 Å². The van der Waals surface area contributed by atoms with E-state index in [0.717, 1.165) is 0 Å². The Kier molecular flexibility index (Phi) is 5.51. The maximum atomic E-state index is 12.2. The topological polar surface area (TPSA) is 61.8 Å². The quantitative estimate of drug-likeness (QED) is 0.620. The van der Waals surface area contributed by atoms with Crippen LogP contribution in [0.1, 0.15) is 27.1 Å². The van der Waals surface area contributed by atoms with Crippen LogP contribution in [0.5, 0.6) is 0 Å². The summed E-state index contributed by atoms with van der Waals surface area (Å²) in [5.74, 6) is -0.916. The second kappa shape index (κ2) is 7.99. The molecule has 0 aromatic heterocycles. The van der Waals surface area contributed by atoms with Crippen LogP contribution in [0.3, 0.4) is 0 Å². The maximum absolute atomic E-state index is 12.2. The summed E-state index contributed by atoms with van der Waals surface area (Å²) in [6.45, 7) is -0.0336. The van der Waals surface area contributed by atoms with Gasteiger partial charge >= 0.3 is 11.9 Å². The smallest absolute Gasteiger partial charge is 0.338 e. The fraction of sp³-hybridized carbons (Fsp3) is 0.263. The lowest BCUT2D eigenvalue weighted by Gasteiger charge is -2.19. The number of benzene rings is 2. The zero-order valence-electron chi connectivity index (χ0n) is 13.5. The van der Waals surface area contributed by atoms with E-state index in [1.807, 2.05) is 12.1 Å². The van der Waals surface area contributed by atoms with Crippen LogP contribution in [-0.4, -0.2) is 44.6 Å². The molecule has 1 aliphatic rings. The molecule has 1 fully saturated rings. The van der Waals surface area contributed by atoms with Crippen LogP contribution >= 0.6 is 0 Å². The molecule has 0 N–H and O–H groups in total. The predicted molar refractivity (Wildman–Crippen MR) is 91.4 cm³/mol. The molecule has 1 saturated heterocycles. The third kappa shape index (κ3) is 4.48. The highest BCUT2D eigenvalue weighted by Crippen LogP contribution is 2.23. The van der Waals surface area contributed by atoms with Gasteiger partial charge in [-0.15, -0.1) is 0 Å². The molecule has 0 saturated carbocycles. The van der Waals surface area contributed by atoms with Crippen LogP contribution in [0.25, 0.3) is 0 Å². The highest BCUT2D eigenvalue weighted by molar-refractivity contribution is 6.11. The summed E-state index contributed by atoms with van der Waals surface area (Å²) in [4.78, 5) is 24.2. The lowest BCUT2D eigenvalue weighted by molar-refractivity contribution is -0.0323. The van der Waals surface area contributed by atoms with Gasteiger partial charge in [0.15, 0.2) is 0 Å². The van der Waals surface area contributed by atoms with Crippen molar-refractivity contribution in [2.24, 2.45) is 0 Å². The molecule has 2 aromatic carbocycles. The molecule has 3 rings (SSSR count). The number of carbonyl (C=O) groups is 2. The molecule has 0 aliphatic carbocycles. The minimum Gasteiger partial charge on any atom is -0.459 e. The van der Waals surface area contributed by atoms with Crippen LogP contribution in [0, 0.1) is 0 Å². The van der Waals surface area contributed by atoms with Gasteiger partial charge in [-0.1, -0.05) is 36.4 Å². The first-order valence-corrected chi connectivity index (χ1v) is 8.03. The van der Waals surface area contributed by atoms with Gasteiger partial charge in [-0.25, -0.2) is 9.59 Å². The van der Waals surface area contributed by atoms with Gasteiger partial charge in [0.25, 0.3) is 0 Å². The Morgan fingerprint density at radius 3 is 2.12 bits per heavy atom. The predicted octanol–water partition coefficient (Wildman–Crippen LogP) is 2.35. The van der Waals surface area contributed by atoms with Crippen molar-refractivity contribution >= 4 is 19.8 Å². The average Bonchev–Trinajstić information content (AvgIpc) is 3.00. The van der Waals surface area contributed by atoms with E-state index >= 15 is 0 Å². The number of hydrogen-bond acceptors (Lipinski definition) is 5. The standard InChI is InChI=1S/C19H17BO5/c20-17-11-15(25-19(22)14-9-5-2-6-10-14)16(24-17)12-23-18(21)13-7-3-1-4-8-13/h1-10,15-17H,11-12H2/t15?,16-,17-/m0/s1. The van der Waals surface area contributed by atoms with Gasteiger partial charge in [-0.2, -0.15) is 0 Å². The molecule has 3 atom stereocenters. The molecule has 1 heterocycles. The minimum atomic E-state index is -0.588. The Labute approximate surface area is 147 Å². The van der Waals surface area contributed by atoms with Gasteiger partial charge in [0.1, 0.15) is 26.7 Å². The van der Waals surface area contributed by atoms with Crippen LogP contribution < -0.4 is 0 Å². The molecule has 5 nitrogen and oxygen atoms in total. The van der Waals surface area contributed by atoms with Crippen molar-refractivity contribution in [1.82, 2.24) is 0 Å². The Morgan fingerprint density at radius 2 is 1.52 bits per heavy atom. The summed E-state index contributed by atoms with van der Waals surface area (Å²) in [5.41, 5.74) is 0.894. The minimum absolute atomic E-state index is 0.0336. The third-order valence-electron chi connectivity index (χ3n) is 3.88. The van der Waals surface area contributed by atoms with E-state index in [0.29, 0.717) is 17.5 Å². The van der Waals surface area contributed by atoms with E-state index in [4.69, 9.17) is 22.1 Å². The van der Waals surface area contributed by atoms with Crippen molar-refractivity contribution in [2.75, 3.05) is 6.61 Å². The van der Waals surface area contributed by atoms with E-state index in [1.54, 1.807) is 48.5 Å². The van der Waals surface area contributed by atoms with Crippen LogP contribution in [0.15, 0.2) is 60.7 Å². The summed E-state index contributed by atoms with van der Waals surface area (Å²) in [6, 6.07) is 16.8. The number of rotatable bonds is 5. The fourth-order valence-corrected chi connectivity index (χ4v) is 2.61.